The molecular formula is C15H21BrN2O2. The fourth-order valence-corrected chi connectivity index (χ4v) is 2.76. The molecule has 0 radical (unpaired) electrons. The minimum atomic E-state index is -0.223. The highest BCUT2D eigenvalue weighted by Gasteiger charge is 2.22. The first-order valence-corrected chi connectivity index (χ1v) is 7.82. The molecule has 1 amide bonds. The molecule has 0 aliphatic carbocycles. The summed E-state index contributed by atoms with van der Waals surface area (Å²) in [5, 5.41) is 3.33. The van der Waals surface area contributed by atoms with Gasteiger partial charge in [-0.25, -0.2) is 0 Å². The van der Waals surface area contributed by atoms with E-state index in [2.05, 4.69) is 34.2 Å². The summed E-state index contributed by atoms with van der Waals surface area (Å²) in [6.07, 6.45) is 0.931. The second-order valence-corrected chi connectivity index (χ2v) is 5.87. The van der Waals surface area contributed by atoms with Crippen LogP contribution in [0.5, 0.6) is 0 Å². The number of ether oxygens (including phenoxy) is 1. The van der Waals surface area contributed by atoms with Crippen LogP contribution in [-0.4, -0.2) is 43.2 Å². The van der Waals surface area contributed by atoms with E-state index in [1.807, 2.05) is 24.0 Å². The summed E-state index contributed by atoms with van der Waals surface area (Å²) in [5.74, 6) is 0.137. The molecule has 1 heterocycles. The van der Waals surface area contributed by atoms with E-state index in [0.29, 0.717) is 26.3 Å². The molecule has 1 unspecified atom stereocenters. The maximum Gasteiger partial charge on any atom is 0.244 e. The Labute approximate surface area is 128 Å². The normalized spacial score (nSPS) is 16.9. The first kappa shape index (κ1) is 15.3. The summed E-state index contributed by atoms with van der Waals surface area (Å²) >= 11 is 3.48. The number of anilines is 1. The van der Waals surface area contributed by atoms with E-state index < -0.39 is 0 Å². The molecule has 1 aromatic rings. The first-order chi connectivity index (χ1) is 9.61. The van der Waals surface area contributed by atoms with Crippen molar-refractivity contribution in [3.05, 3.63) is 28.2 Å². The van der Waals surface area contributed by atoms with Crippen LogP contribution in [0.15, 0.2) is 22.7 Å². The van der Waals surface area contributed by atoms with Crippen LogP contribution in [0.2, 0.25) is 0 Å². The van der Waals surface area contributed by atoms with Gasteiger partial charge in [-0.05, 0) is 37.1 Å². The van der Waals surface area contributed by atoms with Crippen molar-refractivity contribution in [1.29, 1.82) is 0 Å². The Morgan fingerprint density at radius 3 is 2.80 bits per heavy atom. The molecule has 2 rings (SSSR count). The summed E-state index contributed by atoms with van der Waals surface area (Å²) in [4.78, 5) is 14.2. The Balaban J connectivity index is 2.03. The molecule has 1 aliphatic heterocycles. The van der Waals surface area contributed by atoms with Gasteiger partial charge in [0.2, 0.25) is 5.91 Å². The van der Waals surface area contributed by atoms with Crippen LogP contribution < -0.4 is 5.32 Å². The molecule has 1 aliphatic rings. The number of carbonyl (C=O) groups excluding carboxylic acids is 1. The molecule has 0 spiro atoms. The Morgan fingerprint density at radius 2 is 2.15 bits per heavy atom. The molecule has 0 saturated carbocycles. The Hall–Kier alpha value is -1.07. The van der Waals surface area contributed by atoms with Gasteiger partial charge in [-0.2, -0.15) is 0 Å². The van der Waals surface area contributed by atoms with Crippen LogP contribution in [0.25, 0.3) is 0 Å². The standard InChI is InChI=1S/C15H21BrN2O2/c1-3-12-10-13(16)4-5-14(12)17-11(2)15(19)18-6-8-20-9-7-18/h4-5,10-11,17H,3,6-9H2,1-2H3. The van der Waals surface area contributed by atoms with Gasteiger partial charge in [0.25, 0.3) is 0 Å². The molecule has 1 fully saturated rings. The summed E-state index contributed by atoms with van der Waals surface area (Å²) in [7, 11) is 0. The quantitative estimate of drug-likeness (QED) is 0.916. The third kappa shape index (κ3) is 3.73. The smallest absolute Gasteiger partial charge is 0.244 e. The molecule has 110 valence electrons. The van der Waals surface area contributed by atoms with Crippen molar-refractivity contribution in [2.45, 2.75) is 26.3 Å². The van der Waals surface area contributed by atoms with Gasteiger partial charge in [0, 0.05) is 23.2 Å². The zero-order valence-corrected chi connectivity index (χ0v) is 13.6. The number of morpholine rings is 1. The number of aryl methyl sites for hydroxylation is 1. The molecule has 0 aromatic heterocycles. The van der Waals surface area contributed by atoms with E-state index >= 15 is 0 Å². The zero-order valence-electron chi connectivity index (χ0n) is 12.0. The Bertz CT molecular complexity index is 473. The Morgan fingerprint density at radius 1 is 1.45 bits per heavy atom. The number of nitrogens with zero attached hydrogens (tertiary/aromatic N) is 1. The third-order valence-corrected chi connectivity index (χ3v) is 4.01. The highest BCUT2D eigenvalue weighted by molar-refractivity contribution is 9.10. The monoisotopic (exact) mass is 340 g/mol. The average molecular weight is 341 g/mol. The SMILES string of the molecule is CCc1cc(Br)ccc1NC(C)C(=O)N1CCOCC1. The van der Waals surface area contributed by atoms with Gasteiger partial charge in [-0.15, -0.1) is 0 Å². The Kier molecular flexibility index (Phi) is 5.43. The van der Waals surface area contributed by atoms with Crippen LogP contribution in [0.1, 0.15) is 19.4 Å². The predicted octanol–water partition coefficient (Wildman–Crippen LogP) is 2.67. The fraction of sp³-hybridized carbons (Fsp3) is 0.533. The van der Waals surface area contributed by atoms with Crippen LogP contribution in [0.3, 0.4) is 0 Å². The number of halogens is 1. The number of benzene rings is 1. The molecule has 0 bridgehead atoms. The molecule has 20 heavy (non-hydrogen) atoms. The number of carbonyl (C=O) groups is 1. The number of nitrogens with one attached hydrogen (secondary N) is 1. The molecular weight excluding hydrogens is 320 g/mol. The van der Waals surface area contributed by atoms with Gasteiger partial charge in [-0.1, -0.05) is 22.9 Å². The van der Waals surface area contributed by atoms with E-state index in [-0.39, 0.29) is 11.9 Å². The molecule has 1 saturated heterocycles. The van der Waals surface area contributed by atoms with Gasteiger partial charge < -0.3 is 15.0 Å². The van der Waals surface area contributed by atoms with Gasteiger partial charge in [0.15, 0.2) is 0 Å². The third-order valence-electron chi connectivity index (χ3n) is 3.51. The van der Waals surface area contributed by atoms with Crippen molar-refractivity contribution in [1.82, 2.24) is 4.90 Å². The van der Waals surface area contributed by atoms with E-state index in [1.165, 1.54) is 5.56 Å². The topological polar surface area (TPSA) is 41.6 Å². The largest absolute Gasteiger partial charge is 0.378 e. The lowest BCUT2D eigenvalue weighted by Crippen LogP contribution is -2.47. The van der Waals surface area contributed by atoms with Crippen molar-refractivity contribution >= 4 is 27.5 Å². The maximum absolute atomic E-state index is 12.4. The highest BCUT2D eigenvalue weighted by Crippen LogP contribution is 2.22. The van der Waals surface area contributed by atoms with Crippen molar-refractivity contribution in [3.8, 4) is 0 Å². The van der Waals surface area contributed by atoms with E-state index in [9.17, 15) is 4.79 Å². The maximum atomic E-state index is 12.4. The molecule has 1 N–H and O–H groups in total. The number of hydrogen-bond acceptors (Lipinski definition) is 3. The summed E-state index contributed by atoms with van der Waals surface area (Å²) in [6, 6.07) is 5.88. The van der Waals surface area contributed by atoms with Crippen LogP contribution in [-0.2, 0) is 16.0 Å². The van der Waals surface area contributed by atoms with E-state index in [1.54, 1.807) is 0 Å². The van der Waals surface area contributed by atoms with Crippen LogP contribution in [0.4, 0.5) is 5.69 Å². The first-order valence-electron chi connectivity index (χ1n) is 7.03. The molecule has 5 heteroatoms. The minimum Gasteiger partial charge on any atom is -0.378 e. The van der Waals surface area contributed by atoms with Crippen molar-refractivity contribution < 1.29 is 9.53 Å². The lowest BCUT2D eigenvalue weighted by Gasteiger charge is -2.30. The summed E-state index contributed by atoms with van der Waals surface area (Å²) in [6.45, 7) is 6.67. The number of amides is 1. The summed E-state index contributed by atoms with van der Waals surface area (Å²) in [5.41, 5.74) is 2.24. The average Bonchev–Trinajstić information content (AvgIpc) is 2.49. The minimum absolute atomic E-state index is 0.137. The van der Waals surface area contributed by atoms with Crippen LogP contribution in [0, 0.1) is 0 Å². The van der Waals surface area contributed by atoms with Gasteiger partial charge in [0.05, 0.1) is 13.2 Å². The fourth-order valence-electron chi connectivity index (χ4n) is 2.35. The second kappa shape index (κ2) is 7.09. The van der Waals surface area contributed by atoms with Crippen molar-refractivity contribution in [3.63, 3.8) is 0 Å². The van der Waals surface area contributed by atoms with Crippen LogP contribution >= 0.6 is 15.9 Å². The van der Waals surface area contributed by atoms with E-state index in [0.717, 1.165) is 16.6 Å². The van der Waals surface area contributed by atoms with Gasteiger partial charge in [0.1, 0.15) is 6.04 Å². The molecule has 1 aromatic carbocycles. The number of rotatable bonds is 4. The van der Waals surface area contributed by atoms with Gasteiger partial charge >= 0.3 is 0 Å². The number of hydrogen-bond donors (Lipinski definition) is 1. The lowest BCUT2D eigenvalue weighted by molar-refractivity contribution is -0.135. The molecule has 1 atom stereocenters. The van der Waals surface area contributed by atoms with Crippen molar-refractivity contribution in [2.75, 3.05) is 31.6 Å². The zero-order chi connectivity index (χ0) is 14.5. The van der Waals surface area contributed by atoms with Crippen molar-refractivity contribution in [2.24, 2.45) is 0 Å². The van der Waals surface area contributed by atoms with Gasteiger partial charge in [-0.3, -0.25) is 4.79 Å². The second-order valence-electron chi connectivity index (χ2n) is 4.96. The summed E-state index contributed by atoms with van der Waals surface area (Å²) < 4.78 is 6.34. The van der Waals surface area contributed by atoms with E-state index in [4.69, 9.17) is 4.74 Å². The predicted molar refractivity (Wildman–Crippen MR) is 84.0 cm³/mol. The lowest BCUT2D eigenvalue weighted by atomic mass is 10.1. The highest BCUT2D eigenvalue weighted by atomic mass is 79.9. The molecule has 4 nitrogen and oxygen atoms in total.